The van der Waals surface area contributed by atoms with Gasteiger partial charge in [-0.3, -0.25) is 0 Å². The quantitative estimate of drug-likeness (QED) is 0.175. The average molecular weight is 517 g/mol. The van der Waals surface area contributed by atoms with Gasteiger partial charge in [-0.25, -0.2) is 0 Å². The van der Waals surface area contributed by atoms with E-state index in [4.69, 9.17) is 5.11 Å². The lowest BCUT2D eigenvalue weighted by molar-refractivity contribution is 0.136. The Morgan fingerprint density at radius 2 is 1.00 bits per heavy atom. The maximum atomic E-state index is 10.9. The van der Waals surface area contributed by atoms with Crippen LogP contribution in [0.3, 0.4) is 0 Å². The molecule has 0 spiro atoms. The maximum Gasteiger partial charge on any atom is 0.115 e. The van der Waals surface area contributed by atoms with Gasteiger partial charge in [0.1, 0.15) is 5.75 Å². The normalized spacial score (nSPS) is 13.2. The number of phenols is 1. The van der Waals surface area contributed by atoms with Crippen LogP contribution < -0.4 is 0 Å². The molecule has 0 heterocycles. The van der Waals surface area contributed by atoms with E-state index in [-0.39, 0.29) is 6.10 Å². The number of benzene rings is 3. The summed E-state index contributed by atoms with van der Waals surface area (Å²) in [6, 6.07) is 30.2. The highest BCUT2D eigenvalue weighted by molar-refractivity contribution is 5.21. The molecule has 0 fully saturated rings. The highest BCUT2D eigenvalue weighted by Crippen LogP contribution is 2.31. The zero-order valence-corrected chi connectivity index (χ0v) is 24.0. The van der Waals surface area contributed by atoms with Crippen LogP contribution in [0.4, 0.5) is 0 Å². The Morgan fingerprint density at radius 1 is 0.553 bits per heavy atom. The molecule has 0 saturated carbocycles. The van der Waals surface area contributed by atoms with Gasteiger partial charge in [0.15, 0.2) is 0 Å². The van der Waals surface area contributed by atoms with Gasteiger partial charge in [-0.2, -0.15) is 0 Å². The first-order chi connectivity index (χ1) is 18.6. The van der Waals surface area contributed by atoms with Crippen LogP contribution in [-0.2, 0) is 0 Å². The summed E-state index contributed by atoms with van der Waals surface area (Å²) >= 11 is 0. The molecule has 38 heavy (non-hydrogen) atoms. The minimum atomic E-state index is -0.247. The third-order valence-corrected chi connectivity index (χ3v) is 7.48. The van der Waals surface area contributed by atoms with Gasteiger partial charge in [-0.15, -0.1) is 0 Å². The minimum Gasteiger partial charge on any atom is -0.508 e. The van der Waals surface area contributed by atoms with Crippen molar-refractivity contribution in [3.05, 3.63) is 102 Å². The van der Waals surface area contributed by atoms with E-state index in [1.165, 1.54) is 81.8 Å². The second-order valence-electron chi connectivity index (χ2n) is 10.9. The fourth-order valence-corrected chi connectivity index (χ4v) is 5.20. The Kier molecular flexibility index (Phi) is 17.0. The molecule has 2 nitrogen and oxygen atoms in total. The molecule has 0 bridgehead atoms. The molecule has 2 heteroatoms. The van der Waals surface area contributed by atoms with E-state index < -0.39 is 0 Å². The van der Waals surface area contributed by atoms with Crippen LogP contribution in [0.25, 0.3) is 0 Å². The molecule has 208 valence electrons. The Bertz CT molecular complexity index is 910. The van der Waals surface area contributed by atoms with Crippen molar-refractivity contribution in [1.29, 1.82) is 0 Å². The van der Waals surface area contributed by atoms with Crippen molar-refractivity contribution in [2.45, 2.75) is 115 Å². The predicted octanol–water partition coefficient (Wildman–Crippen LogP) is 10.4. The first kappa shape index (κ1) is 31.6. The molecule has 0 saturated heterocycles. The van der Waals surface area contributed by atoms with Crippen LogP contribution in [0.1, 0.15) is 120 Å². The van der Waals surface area contributed by atoms with Gasteiger partial charge >= 0.3 is 0 Å². The number of rotatable bonds is 17. The van der Waals surface area contributed by atoms with Crippen molar-refractivity contribution in [3.63, 3.8) is 0 Å². The molecule has 3 rings (SSSR count). The van der Waals surface area contributed by atoms with Crippen LogP contribution in [0.5, 0.6) is 5.75 Å². The van der Waals surface area contributed by atoms with Crippen LogP contribution in [0, 0.1) is 0 Å². The fourth-order valence-electron chi connectivity index (χ4n) is 5.20. The van der Waals surface area contributed by atoms with Gasteiger partial charge in [0.25, 0.3) is 0 Å². The molecule has 0 aliphatic heterocycles. The monoisotopic (exact) mass is 516 g/mol. The number of para-hydroxylation sites is 1. The van der Waals surface area contributed by atoms with E-state index in [1.54, 1.807) is 24.3 Å². The molecule has 3 unspecified atom stereocenters. The van der Waals surface area contributed by atoms with Crippen LogP contribution in [0.2, 0.25) is 0 Å². The van der Waals surface area contributed by atoms with Crippen molar-refractivity contribution in [1.82, 2.24) is 0 Å². The molecule has 0 aromatic heterocycles. The molecular formula is C36H52O2. The summed E-state index contributed by atoms with van der Waals surface area (Å²) in [4.78, 5) is 0. The fraction of sp³-hybridized carbons (Fsp3) is 0.500. The van der Waals surface area contributed by atoms with Gasteiger partial charge in [0.2, 0.25) is 0 Å². The highest BCUT2D eigenvalue weighted by Gasteiger charge is 2.19. The molecule has 0 aliphatic rings. The van der Waals surface area contributed by atoms with Gasteiger partial charge in [0.05, 0.1) is 6.10 Å². The lowest BCUT2D eigenvalue weighted by Gasteiger charge is -2.23. The summed E-state index contributed by atoms with van der Waals surface area (Å²) in [6.45, 7) is 4.52. The topological polar surface area (TPSA) is 40.5 Å². The number of unbranched alkanes of at least 4 members (excludes halogenated alkanes) is 9. The molecule has 3 aromatic rings. The number of phenolic OH excluding ortho intramolecular Hbond substituents is 1. The van der Waals surface area contributed by atoms with Crippen molar-refractivity contribution in [2.24, 2.45) is 0 Å². The lowest BCUT2D eigenvalue weighted by atomic mass is 9.85. The Labute approximate surface area is 233 Å². The molecule has 3 atom stereocenters. The van der Waals surface area contributed by atoms with E-state index in [9.17, 15) is 5.11 Å². The van der Waals surface area contributed by atoms with E-state index in [0.29, 0.717) is 17.6 Å². The van der Waals surface area contributed by atoms with Crippen molar-refractivity contribution in [3.8, 4) is 5.75 Å². The Morgan fingerprint density at radius 3 is 1.47 bits per heavy atom. The first-order valence-electron chi connectivity index (χ1n) is 15.1. The number of hydrogen-bond donors (Lipinski definition) is 2. The number of hydrogen-bond acceptors (Lipinski definition) is 2. The Balaban J connectivity index is 0.000000624. The summed E-state index contributed by atoms with van der Waals surface area (Å²) in [7, 11) is 0. The molecule has 0 radical (unpaired) electrons. The predicted molar refractivity (Wildman–Crippen MR) is 164 cm³/mol. The summed E-state index contributed by atoms with van der Waals surface area (Å²) in [5.74, 6) is 1.18. The smallest absolute Gasteiger partial charge is 0.115 e. The van der Waals surface area contributed by atoms with Gasteiger partial charge < -0.3 is 10.2 Å². The third-order valence-electron chi connectivity index (χ3n) is 7.48. The van der Waals surface area contributed by atoms with E-state index >= 15 is 0 Å². The molecular weight excluding hydrogens is 464 g/mol. The number of aromatic hydroxyl groups is 1. The van der Waals surface area contributed by atoms with E-state index in [2.05, 4.69) is 74.5 Å². The van der Waals surface area contributed by atoms with E-state index in [0.717, 1.165) is 12.8 Å². The molecule has 3 aromatic carbocycles. The molecule has 0 aliphatic carbocycles. The van der Waals surface area contributed by atoms with Crippen LogP contribution >= 0.6 is 0 Å². The molecule has 0 amide bonds. The summed E-state index contributed by atoms with van der Waals surface area (Å²) < 4.78 is 0. The van der Waals surface area contributed by atoms with Gasteiger partial charge in [-0.05, 0) is 54.4 Å². The van der Waals surface area contributed by atoms with E-state index in [1.807, 2.05) is 6.07 Å². The van der Waals surface area contributed by atoms with Gasteiger partial charge in [0, 0.05) is 0 Å². The summed E-state index contributed by atoms with van der Waals surface area (Å²) in [5.41, 5.74) is 2.72. The van der Waals surface area contributed by atoms with Crippen molar-refractivity contribution < 1.29 is 10.2 Å². The van der Waals surface area contributed by atoms with Crippen LogP contribution in [0.15, 0.2) is 91.0 Å². The SMILES string of the molecule is CCCCCCCCCCCCC(CC(O)CC(C)c1ccccc1)c1ccccc1.Oc1ccccc1. The standard InChI is InChI=1S/C30H46O.C6H6O/c1-3-4-5-6-7-8-9-10-11-14-23-29(28-21-17-13-18-22-28)25-30(31)24-26(2)27-19-15-12-16-20-27;7-6-4-2-1-3-5-6/h12-13,15-22,26,29-31H,3-11,14,23-25H2,1-2H3;1-5,7H. The average Bonchev–Trinajstić information content (AvgIpc) is 2.95. The van der Waals surface area contributed by atoms with Crippen LogP contribution in [-0.4, -0.2) is 16.3 Å². The number of aliphatic hydroxyl groups excluding tert-OH is 1. The van der Waals surface area contributed by atoms with Crippen molar-refractivity contribution >= 4 is 0 Å². The number of aliphatic hydroxyl groups is 1. The zero-order chi connectivity index (χ0) is 27.3. The summed E-state index contributed by atoms with van der Waals surface area (Å²) in [5, 5.41) is 19.5. The minimum absolute atomic E-state index is 0.247. The lowest BCUT2D eigenvalue weighted by Crippen LogP contribution is -2.15. The Hall–Kier alpha value is -2.58. The first-order valence-corrected chi connectivity index (χ1v) is 15.1. The van der Waals surface area contributed by atoms with Crippen molar-refractivity contribution in [2.75, 3.05) is 0 Å². The largest absolute Gasteiger partial charge is 0.508 e. The van der Waals surface area contributed by atoms with Gasteiger partial charge in [-0.1, -0.05) is 157 Å². The second kappa shape index (κ2) is 20.4. The second-order valence-corrected chi connectivity index (χ2v) is 10.9. The third kappa shape index (κ3) is 14.4. The maximum absolute atomic E-state index is 10.9. The summed E-state index contributed by atoms with van der Waals surface area (Å²) in [6.07, 6.45) is 16.4. The molecule has 2 N–H and O–H groups in total. The highest BCUT2D eigenvalue weighted by atomic mass is 16.3. The zero-order valence-electron chi connectivity index (χ0n) is 24.0.